The highest BCUT2D eigenvalue weighted by Gasteiger charge is 2.42. The minimum Gasteiger partial charge on any atom is -0.459 e. The van der Waals surface area contributed by atoms with Gasteiger partial charge in [-0.15, -0.1) is 0 Å². The molecule has 3 saturated heterocycles. The molecule has 35 heavy (non-hydrogen) atoms. The van der Waals surface area contributed by atoms with Gasteiger partial charge in [0, 0.05) is 17.8 Å². The van der Waals surface area contributed by atoms with Gasteiger partial charge >= 0.3 is 24.1 Å². The summed E-state index contributed by atoms with van der Waals surface area (Å²) in [6, 6.07) is 9.33. The number of halogens is 4. The molecule has 2 bridgehead atoms. The zero-order valence-electron chi connectivity index (χ0n) is 18.4. The molecule has 0 aromatic heterocycles. The van der Waals surface area contributed by atoms with Gasteiger partial charge in [0.25, 0.3) is 0 Å². The van der Waals surface area contributed by atoms with Gasteiger partial charge in [-0.2, -0.15) is 13.2 Å². The molecule has 2 aromatic rings. The van der Waals surface area contributed by atoms with Gasteiger partial charge in [0.1, 0.15) is 11.9 Å². The van der Waals surface area contributed by atoms with E-state index in [1.807, 2.05) is 0 Å². The summed E-state index contributed by atoms with van der Waals surface area (Å²) in [5.74, 6) is -5.16. The zero-order valence-corrected chi connectivity index (χ0v) is 18.4. The van der Waals surface area contributed by atoms with Crippen molar-refractivity contribution in [2.24, 2.45) is 5.92 Å². The van der Waals surface area contributed by atoms with Crippen molar-refractivity contribution < 1.29 is 41.4 Å². The van der Waals surface area contributed by atoms with Crippen molar-refractivity contribution in [2.75, 3.05) is 25.0 Å². The Balaban J connectivity index is 1.49. The number of hydrogen-bond acceptors (Lipinski definition) is 7. The summed E-state index contributed by atoms with van der Waals surface area (Å²) in [6.07, 6.45) is -3.77. The molecule has 1 N–H and O–H groups in total. The summed E-state index contributed by atoms with van der Waals surface area (Å²) in [7, 11) is 0. The Bertz CT molecular complexity index is 1100. The van der Waals surface area contributed by atoms with Crippen LogP contribution in [0.1, 0.15) is 34.8 Å². The van der Waals surface area contributed by atoms with Crippen LogP contribution in [0.15, 0.2) is 48.5 Å². The second-order valence-corrected chi connectivity index (χ2v) is 8.46. The SMILES string of the molecule is O=C(OC(=O)C(F)(F)F)c1ccc(NC(C(=O)O[C@H]2CN3CCC2CC3)c2ccccc2F)cc1. The smallest absolute Gasteiger partial charge is 0.459 e. The monoisotopic (exact) mass is 494 g/mol. The van der Waals surface area contributed by atoms with E-state index >= 15 is 0 Å². The molecule has 2 aromatic carbocycles. The minimum absolute atomic E-state index is 0.0537. The van der Waals surface area contributed by atoms with Crippen LogP contribution in [0.2, 0.25) is 0 Å². The molecule has 0 radical (unpaired) electrons. The highest BCUT2D eigenvalue weighted by atomic mass is 19.4. The maximum atomic E-state index is 14.6. The number of carbonyl (C=O) groups excluding carboxylic acids is 3. The normalized spacial score (nSPS) is 22.2. The maximum absolute atomic E-state index is 14.6. The van der Waals surface area contributed by atoms with Gasteiger partial charge in [-0.1, -0.05) is 18.2 Å². The van der Waals surface area contributed by atoms with Crippen molar-refractivity contribution in [3.63, 3.8) is 0 Å². The molecule has 11 heteroatoms. The van der Waals surface area contributed by atoms with Gasteiger partial charge in [-0.25, -0.2) is 18.8 Å². The Kier molecular flexibility index (Phi) is 7.06. The van der Waals surface area contributed by atoms with Crippen molar-refractivity contribution in [1.29, 1.82) is 0 Å². The van der Waals surface area contributed by atoms with Crippen molar-refractivity contribution in [3.8, 4) is 0 Å². The van der Waals surface area contributed by atoms with E-state index in [4.69, 9.17) is 4.74 Å². The van der Waals surface area contributed by atoms with Crippen LogP contribution in [0.25, 0.3) is 0 Å². The molecule has 0 aliphatic carbocycles. The third-order valence-electron chi connectivity index (χ3n) is 6.16. The van der Waals surface area contributed by atoms with E-state index in [1.165, 1.54) is 30.3 Å². The number of nitrogens with zero attached hydrogens (tertiary/aromatic N) is 1. The second kappa shape index (κ2) is 10.0. The lowest BCUT2D eigenvalue weighted by Gasteiger charge is -2.44. The summed E-state index contributed by atoms with van der Waals surface area (Å²) in [4.78, 5) is 38.0. The molecule has 3 heterocycles. The Morgan fingerprint density at radius 3 is 2.23 bits per heavy atom. The van der Waals surface area contributed by atoms with E-state index in [9.17, 15) is 31.9 Å². The first-order chi connectivity index (χ1) is 16.6. The Morgan fingerprint density at radius 1 is 1.00 bits per heavy atom. The lowest BCUT2D eigenvalue weighted by atomic mass is 9.86. The van der Waals surface area contributed by atoms with Crippen LogP contribution < -0.4 is 5.32 Å². The fourth-order valence-corrected chi connectivity index (χ4v) is 4.30. The predicted molar refractivity (Wildman–Crippen MR) is 115 cm³/mol. The van der Waals surface area contributed by atoms with Gasteiger partial charge in [-0.05, 0) is 62.2 Å². The number of fused-ring (bicyclic) bond motifs is 3. The first-order valence-corrected chi connectivity index (χ1v) is 11.0. The topological polar surface area (TPSA) is 84.9 Å². The summed E-state index contributed by atoms with van der Waals surface area (Å²) >= 11 is 0. The molecular weight excluding hydrogens is 472 g/mol. The lowest BCUT2D eigenvalue weighted by Crippen LogP contribution is -2.52. The number of rotatable bonds is 6. The molecule has 0 amide bonds. The third kappa shape index (κ3) is 5.79. The Hall–Kier alpha value is -3.47. The third-order valence-corrected chi connectivity index (χ3v) is 6.16. The standard InChI is InChI=1S/C24H22F4N2O5/c25-18-4-2-1-3-17(18)20(22(32)34-19-13-30-11-9-14(19)10-12-30)29-16-7-5-15(6-8-16)21(31)35-23(33)24(26,27)28/h1-8,14,19-20,29H,9-13H2/t19-,20?/m0/s1. The molecule has 0 spiro atoms. The van der Waals surface area contributed by atoms with E-state index in [0.717, 1.165) is 38.1 Å². The number of hydrogen-bond donors (Lipinski definition) is 1. The number of nitrogens with one attached hydrogen (secondary N) is 1. The number of benzene rings is 2. The van der Waals surface area contributed by atoms with Crippen LogP contribution >= 0.6 is 0 Å². The number of carbonyl (C=O) groups is 3. The second-order valence-electron chi connectivity index (χ2n) is 8.46. The number of alkyl halides is 3. The summed E-state index contributed by atoms with van der Waals surface area (Å²) < 4.78 is 61.1. The molecule has 0 saturated carbocycles. The Labute approximate surface area is 198 Å². The summed E-state index contributed by atoms with van der Waals surface area (Å²) in [5, 5.41) is 2.87. The van der Waals surface area contributed by atoms with Crippen LogP contribution in [-0.4, -0.2) is 54.7 Å². The average molecular weight is 494 g/mol. The highest BCUT2D eigenvalue weighted by molar-refractivity contribution is 5.98. The molecule has 2 atom stereocenters. The largest absolute Gasteiger partial charge is 0.491 e. The molecule has 186 valence electrons. The molecule has 3 aliphatic heterocycles. The molecule has 3 aliphatic rings. The van der Waals surface area contributed by atoms with Crippen LogP contribution in [0.4, 0.5) is 23.2 Å². The van der Waals surface area contributed by atoms with Crippen molar-refractivity contribution in [3.05, 3.63) is 65.5 Å². The molecular formula is C24H22F4N2O5. The quantitative estimate of drug-likeness (QED) is 0.371. The van der Waals surface area contributed by atoms with Crippen molar-refractivity contribution >= 4 is 23.6 Å². The van der Waals surface area contributed by atoms with Gasteiger partial charge in [0.05, 0.1) is 5.56 Å². The van der Waals surface area contributed by atoms with Crippen molar-refractivity contribution in [2.45, 2.75) is 31.2 Å². The number of esters is 3. The van der Waals surface area contributed by atoms with Crippen LogP contribution in [0.3, 0.4) is 0 Å². The zero-order chi connectivity index (χ0) is 25.2. The van der Waals surface area contributed by atoms with Crippen LogP contribution in [0, 0.1) is 11.7 Å². The molecule has 1 unspecified atom stereocenters. The fraction of sp³-hybridized carbons (Fsp3) is 0.375. The van der Waals surface area contributed by atoms with E-state index in [-0.39, 0.29) is 28.8 Å². The lowest BCUT2D eigenvalue weighted by molar-refractivity contribution is -0.193. The van der Waals surface area contributed by atoms with Gasteiger partial charge < -0.3 is 14.8 Å². The summed E-state index contributed by atoms with van der Waals surface area (Å²) in [6.45, 7) is 2.53. The van der Waals surface area contributed by atoms with E-state index in [0.29, 0.717) is 6.54 Å². The van der Waals surface area contributed by atoms with Gasteiger partial charge in [0.15, 0.2) is 6.04 Å². The number of piperidine rings is 3. The Morgan fingerprint density at radius 2 is 1.66 bits per heavy atom. The van der Waals surface area contributed by atoms with E-state index in [1.54, 1.807) is 6.07 Å². The van der Waals surface area contributed by atoms with Crippen molar-refractivity contribution in [1.82, 2.24) is 4.90 Å². The summed E-state index contributed by atoms with van der Waals surface area (Å²) in [5.41, 5.74) is 0.00583. The molecule has 5 rings (SSSR count). The first-order valence-electron chi connectivity index (χ1n) is 11.0. The number of ether oxygens (including phenoxy) is 2. The van der Waals surface area contributed by atoms with E-state index in [2.05, 4.69) is 15.0 Å². The van der Waals surface area contributed by atoms with Gasteiger partial charge in [-0.3, -0.25) is 4.90 Å². The van der Waals surface area contributed by atoms with Gasteiger partial charge in [0.2, 0.25) is 0 Å². The number of anilines is 1. The highest BCUT2D eigenvalue weighted by Crippen LogP contribution is 2.32. The molecule has 7 nitrogen and oxygen atoms in total. The predicted octanol–water partition coefficient (Wildman–Crippen LogP) is 3.86. The first kappa shape index (κ1) is 24.6. The molecule has 3 fully saturated rings. The van der Waals surface area contributed by atoms with Crippen LogP contribution in [-0.2, 0) is 19.1 Å². The fourth-order valence-electron chi connectivity index (χ4n) is 4.30. The van der Waals surface area contributed by atoms with E-state index < -0.39 is 35.9 Å². The average Bonchev–Trinajstić information content (AvgIpc) is 2.83. The maximum Gasteiger partial charge on any atom is 0.491 e. The van der Waals surface area contributed by atoms with Crippen LogP contribution in [0.5, 0.6) is 0 Å². The minimum atomic E-state index is -5.31.